The fourth-order valence-corrected chi connectivity index (χ4v) is 3.08. The summed E-state index contributed by atoms with van der Waals surface area (Å²) in [6.07, 6.45) is 3.54. The number of hydrogen-bond donors (Lipinski definition) is 1. The van der Waals surface area contributed by atoms with Crippen LogP contribution in [0.25, 0.3) is 0 Å². The first-order valence-corrected chi connectivity index (χ1v) is 7.24. The molecule has 0 unspecified atom stereocenters. The Morgan fingerprint density at radius 2 is 2.10 bits per heavy atom. The lowest BCUT2D eigenvalue weighted by molar-refractivity contribution is 0.0692. The van der Waals surface area contributed by atoms with Gasteiger partial charge in [-0.2, -0.15) is 0 Å². The normalized spacial score (nSPS) is 18.4. The van der Waals surface area contributed by atoms with Crippen LogP contribution in [0.4, 0.5) is 4.39 Å². The van der Waals surface area contributed by atoms with Crippen LogP contribution in [-0.4, -0.2) is 29.1 Å². The SMILES string of the molecule is CCC1(CC)CCN(Cc2ccc(C(=O)O)c(F)c2)C1. The molecule has 0 spiro atoms. The van der Waals surface area contributed by atoms with Crippen molar-refractivity contribution >= 4 is 5.97 Å². The van der Waals surface area contributed by atoms with Crippen LogP contribution in [0, 0.1) is 11.2 Å². The maximum absolute atomic E-state index is 13.7. The van der Waals surface area contributed by atoms with E-state index in [1.165, 1.54) is 31.4 Å². The van der Waals surface area contributed by atoms with Gasteiger partial charge in [0.25, 0.3) is 0 Å². The maximum atomic E-state index is 13.7. The summed E-state index contributed by atoms with van der Waals surface area (Å²) >= 11 is 0. The number of likely N-dealkylation sites (tertiary alicyclic amines) is 1. The van der Waals surface area contributed by atoms with E-state index < -0.39 is 11.8 Å². The molecule has 1 heterocycles. The average Bonchev–Trinajstić information content (AvgIpc) is 2.82. The average molecular weight is 279 g/mol. The molecule has 1 fully saturated rings. The molecule has 1 N–H and O–H groups in total. The predicted octanol–water partition coefficient (Wildman–Crippen LogP) is 3.54. The Labute approximate surface area is 119 Å². The van der Waals surface area contributed by atoms with Crippen molar-refractivity contribution in [2.75, 3.05) is 13.1 Å². The molecule has 1 aromatic rings. The fourth-order valence-electron chi connectivity index (χ4n) is 3.08. The Kier molecular flexibility index (Phi) is 4.43. The number of carbonyl (C=O) groups is 1. The number of hydrogen-bond acceptors (Lipinski definition) is 2. The third kappa shape index (κ3) is 3.01. The third-order valence-electron chi connectivity index (χ3n) is 4.69. The summed E-state index contributed by atoms with van der Waals surface area (Å²) in [6, 6.07) is 4.42. The lowest BCUT2D eigenvalue weighted by atomic mass is 9.82. The number of benzene rings is 1. The molecule has 1 saturated heterocycles. The summed E-state index contributed by atoms with van der Waals surface area (Å²) in [7, 11) is 0. The molecule has 3 nitrogen and oxygen atoms in total. The maximum Gasteiger partial charge on any atom is 0.338 e. The summed E-state index contributed by atoms with van der Waals surface area (Å²) in [5, 5.41) is 8.82. The molecule has 0 saturated carbocycles. The molecule has 0 amide bonds. The van der Waals surface area contributed by atoms with Gasteiger partial charge in [0.05, 0.1) is 5.56 Å². The second kappa shape index (κ2) is 5.92. The topological polar surface area (TPSA) is 40.5 Å². The van der Waals surface area contributed by atoms with E-state index in [1.54, 1.807) is 6.07 Å². The van der Waals surface area contributed by atoms with Gasteiger partial charge < -0.3 is 5.11 Å². The number of aromatic carboxylic acids is 1. The minimum Gasteiger partial charge on any atom is -0.478 e. The summed E-state index contributed by atoms with van der Waals surface area (Å²) < 4.78 is 13.7. The molecular formula is C16H22FNO2. The Hall–Kier alpha value is -1.42. The Bertz CT molecular complexity index is 497. The molecule has 0 atom stereocenters. The van der Waals surface area contributed by atoms with Crippen LogP contribution >= 0.6 is 0 Å². The van der Waals surface area contributed by atoms with Gasteiger partial charge in [0.15, 0.2) is 0 Å². The van der Waals surface area contributed by atoms with Gasteiger partial charge in [-0.15, -0.1) is 0 Å². The highest BCUT2D eigenvalue weighted by molar-refractivity contribution is 5.87. The van der Waals surface area contributed by atoms with Crippen molar-refractivity contribution in [3.63, 3.8) is 0 Å². The molecule has 0 bridgehead atoms. The van der Waals surface area contributed by atoms with E-state index in [-0.39, 0.29) is 5.56 Å². The first-order chi connectivity index (χ1) is 9.49. The van der Waals surface area contributed by atoms with Gasteiger partial charge in [-0.1, -0.05) is 19.9 Å². The molecule has 0 radical (unpaired) electrons. The van der Waals surface area contributed by atoms with Crippen molar-refractivity contribution in [1.29, 1.82) is 0 Å². The summed E-state index contributed by atoms with van der Waals surface area (Å²) in [6.45, 7) is 7.23. The third-order valence-corrected chi connectivity index (χ3v) is 4.69. The Morgan fingerprint density at radius 1 is 1.40 bits per heavy atom. The Morgan fingerprint density at radius 3 is 2.60 bits per heavy atom. The number of rotatable bonds is 5. The van der Waals surface area contributed by atoms with Gasteiger partial charge in [0, 0.05) is 13.1 Å². The van der Waals surface area contributed by atoms with Crippen molar-refractivity contribution in [2.24, 2.45) is 5.41 Å². The number of halogens is 1. The smallest absolute Gasteiger partial charge is 0.338 e. The highest BCUT2D eigenvalue weighted by Crippen LogP contribution is 2.37. The monoisotopic (exact) mass is 279 g/mol. The zero-order valence-electron chi connectivity index (χ0n) is 12.2. The fraction of sp³-hybridized carbons (Fsp3) is 0.562. The standard InChI is InChI=1S/C16H22FNO2/c1-3-16(4-2)7-8-18(11-16)10-12-5-6-13(15(19)20)14(17)9-12/h5-6,9H,3-4,7-8,10-11H2,1-2H3,(H,19,20). The quantitative estimate of drug-likeness (QED) is 0.896. The minimum atomic E-state index is -1.22. The molecule has 4 heteroatoms. The second-order valence-electron chi connectivity index (χ2n) is 5.79. The molecule has 0 aromatic heterocycles. The van der Waals surface area contributed by atoms with Crippen LogP contribution in [0.3, 0.4) is 0 Å². The summed E-state index contributed by atoms with van der Waals surface area (Å²) in [5.41, 5.74) is 0.988. The van der Waals surface area contributed by atoms with Crippen molar-refractivity contribution < 1.29 is 14.3 Å². The van der Waals surface area contributed by atoms with E-state index in [2.05, 4.69) is 18.7 Å². The molecule has 1 aromatic carbocycles. The van der Waals surface area contributed by atoms with E-state index in [4.69, 9.17) is 5.11 Å². The van der Waals surface area contributed by atoms with Crippen molar-refractivity contribution in [3.8, 4) is 0 Å². The number of carboxylic acid groups (broad SMARTS) is 1. The lowest BCUT2D eigenvalue weighted by Crippen LogP contribution is -2.26. The highest BCUT2D eigenvalue weighted by Gasteiger charge is 2.34. The molecule has 20 heavy (non-hydrogen) atoms. The van der Waals surface area contributed by atoms with E-state index in [1.807, 2.05) is 0 Å². The largest absolute Gasteiger partial charge is 0.478 e. The number of nitrogens with zero attached hydrogens (tertiary/aromatic N) is 1. The first kappa shape index (κ1) is 15.0. The van der Waals surface area contributed by atoms with E-state index >= 15 is 0 Å². The van der Waals surface area contributed by atoms with Crippen LogP contribution in [0.5, 0.6) is 0 Å². The van der Waals surface area contributed by atoms with Crippen LogP contribution in [0.15, 0.2) is 18.2 Å². The van der Waals surface area contributed by atoms with Crippen LogP contribution in [-0.2, 0) is 6.54 Å². The molecule has 1 aliphatic heterocycles. The zero-order chi connectivity index (χ0) is 14.8. The van der Waals surface area contributed by atoms with Gasteiger partial charge in [-0.3, -0.25) is 4.90 Å². The highest BCUT2D eigenvalue weighted by atomic mass is 19.1. The van der Waals surface area contributed by atoms with Crippen LogP contribution in [0.1, 0.15) is 49.0 Å². The van der Waals surface area contributed by atoms with Gasteiger partial charge in [-0.25, -0.2) is 9.18 Å². The Balaban J connectivity index is 2.05. The van der Waals surface area contributed by atoms with Gasteiger partial charge >= 0.3 is 5.97 Å². The number of carboxylic acids is 1. The predicted molar refractivity (Wildman–Crippen MR) is 76.3 cm³/mol. The van der Waals surface area contributed by atoms with E-state index in [0.717, 1.165) is 18.7 Å². The van der Waals surface area contributed by atoms with E-state index in [0.29, 0.717) is 12.0 Å². The van der Waals surface area contributed by atoms with E-state index in [9.17, 15) is 9.18 Å². The molecule has 2 rings (SSSR count). The van der Waals surface area contributed by atoms with Crippen LogP contribution in [0.2, 0.25) is 0 Å². The molecule has 0 aliphatic carbocycles. The van der Waals surface area contributed by atoms with Crippen molar-refractivity contribution in [1.82, 2.24) is 4.90 Å². The second-order valence-corrected chi connectivity index (χ2v) is 5.79. The summed E-state index contributed by atoms with van der Waals surface area (Å²) in [5.74, 6) is -1.86. The van der Waals surface area contributed by atoms with Gasteiger partial charge in [-0.05, 0) is 48.9 Å². The van der Waals surface area contributed by atoms with Crippen LogP contribution < -0.4 is 0 Å². The van der Waals surface area contributed by atoms with Gasteiger partial charge in [0.1, 0.15) is 5.82 Å². The summed E-state index contributed by atoms with van der Waals surface area (Å²) in [4.78, 5) is 13.1. The lowest BCUT2D eigenvalue weighted by Gasteiger charge is -2.26. The molecule has 1 aliphatic rings. The first-order valence-electron chi connectivity index (χ1n) is 7.24. The van der Waals surface area contributed by atoms with Crippen molar-refractivity contribution in [2.45, 2.75) is 39.7 Å². The van der Waals surface area contributed by atoms with Crippen molar-refractivity contribution in [3.05, 3.63) is 35.1 Å². The van der Waals surface area contributed by atoms with Gasteiger partial charge in [0.2, 0.25) is 0 Å². The minimum absolute atomic E-state index is 0.258. The molecule has 110 valence electrons. The zero-order valence-corrected chi connectivity index (χ0v) is 12.2. The molecular weight excluding hydrogens is 257 g/mol.